The molecule has 0 amide bonds. The summed E-state index contributed by atoms with van der Waals surface area (Å²) >= 11 is 0. The van der Waals surface area contributed by atoms with Gasteiger partial charge in [-0.2, -0.15) is 0 Å². The Labute approximate surface area is 103 Å². The van der Waals surface area contributed by atoms with E-state index in [9.17, 15) is 4.79 Å². The van der Waals surface area contributed by atoms with Gasteiger partial charge in [-0.15, -0.1) is 0 Å². The van der Waals surface area contributed by atoms with Crippen LogP contribution in [0.1, 0.15) is 26.3 Å². The summed E-state index contributed by atoms with van der Waals surface area (Å²) in [5.41, 5.74) is 1.06. The minimum absolute atomic E-state index is 0.0510. The van der Waals surface area contributed by atoms with Crippen molar-refractivity contribution in [2.45, 2.75) is 33.4 Å². The minimum atomic E-state index is -0.0510. The van der Waals surface area contributed by atoms with Crippen molar-refractivity contribution in [2.24, 2.45) is 0 Å². The van der Waals surface area contributed by atoms with Crippen molar-refractivity contribution < 1.29 is 0 Å². The van der Waals surface area contributed by atoms with E-state index >= 15 is 0 Å². The zero-order chi connectivity index (χ0) is 12.7. The molecule has 17 heavy (non-hydrogen) atoms. The van der Waals surface area contributed by atoms with Crippen LogP contribution in [0, 0.1) is 0 Å². The van der Waals surface area contributed by atoms with Crippen molar-refractivity contribution in [2.75, 3.05) is 19.6 Å². The Kier molecular flexibility index (Phi) is 5.94. The van der Waals surface area contributed by atoms with Gasteiger partial charge in [0.25, 0.3) is 0 Å². The lowest BCUT2D eigenvalue weighted by Gasteiger charge is -2.23. The van der Waals surface area contributed by atoms with Crippen LogP contribution in [-0.4, -0.2) is 35.6 Å². The van der Waals surface area contributed by atoms with Crippen molar-refractivity contribution in [3.8, 4) is 0 Å². The van der Waals surface area contributed by atoms with Crippen molar-refractivity contribution in [1.29, 1.82) is 0 Å². The standard InChI is InChI=1S/C13H23N3O/c1-4-16(5-2)10-11(3)14-8-12-6-7-13(17)15-9-12/h6-7,9,11,14H,4-5,8,10H2,1-3H3,(H,15,17). The summed E-state index contributed by atoms with van der Waals surface area (Å²) in [6.07, 6.45) is 1.76. The molecule has 0 aliphatic carbocycles. The van der Waals surface area contributed by atoms with E-state index in [0.717, 1.165) is 31.7 Å². The Hall–Kier alpha value is -1.13. The van der Waals surface area contributed by atoms with Gasteiger partial charge in [0.15, 0.2) is 0 Å². The third-order valence-electron chi connectivity index (χ3n) is 2.93. The second-order valence-electron chi connectivity index (χ2n) is 4.33. The molecule has 4 nitrogen and oxygen atoms in total. The minimum Gasteiger partial charge on any atom is -0.329 e. The fourth-order valence-electron chi connectivity index (χ4n) is 1.78. The highest BCUT2D eigenvalue weighted by Gasteiger charge is 2.06. The first-order valence-electron chi connectivity index (χ1n) is 6.29. The zero-order valence-corrected chi connectivity index (χ0v) is 11.0. The number of nitrogens with one attached hydrogen (secondary N) is 2. The van der Waals surface area contributed by atoms with Crippen LogP contribution in [0.25, 0.3) is 0 Å². The first kappa shape index (κ1) is 13.9. The number of rotatable bonds is 7. The molecule has 0 bridgehead atoms. The van der Waals surface area contributed by atoms with E-state index in [-0.39, 0.29) is 5.56 Å². The van der Waals surface area contributed by atoms with Gasteiger partial charge >= 0.3 is 0 Å². The van der Waals surface area contributed by atoms with Gasteiger partial charge in [-0.05, 0) is 25.6 Å². The summed E-state index contributed by atoms with van der Waals surface area (Å²) in [5.74, 6) is 0. The number of nitrogens with zero attached hydrogens (tertiary/aromatic N) is 1. The van der Waals surface area contributed by atoms with Crippen molar-refractivity contribution >= 4 is 0 Å². The van der Waals surface area contributed by atoms with Crippen LogP contribution in [0.15, 0.2) is 23.1 Å². The quantitative estimate of drug-likeness (QED) is 0.749. The summed E-state index contributed by atoms with van der Waals surface area (Å²) in [7, 11) is 0. The Morgan fingerprint density at radius 3 is 2.59 bits per heavy atom. The summed E-state index contributed by atoms with van der Waals surface area (Å²) in [4.78, 5) is 16.0. The summed E-state index contributed by atoms with van der Waals surface area (Å²) in [6.45, 7) is 10.6. The van der Waals surface area contributed by atoms with Gasteiger partial charge in [-0.1, -0.05) is 19.9 Å². The average Bonchev–Trinajstić information content (AvgIpc) is 2.35. The van der Waals surface area contributed by atoms with E-state index in [1.807, 2.05) is 6.07 Å². The number of pyridine rings is 1. The second-order valence-corrected chi connectivity index (χ2v) is 4.33. The molecule has 0 fully saturated rings. The molecule has 0 radical (unpaired) electrons. The molecule has 0 aromatic carbocycles. The SMILES string of the molecule is CCN(CC)CC(C)NCc1ccc(=O)[nH]c1. The number of hydrogen-bond acceptors (Lipinski definition) is 3. The molecule has 1 unspecified atom stereocenters. The van der Waals surface area contributed by atoms with E-state index in [1.165, 1.54) is 0 Å². The Morgan fingerprint density at radius 2 is 2.06 bits per heavy atom. The summed E-state index contributed by atoms with van der Waals surface area (Å²) in [5, 5.41) is 3.45. The van der Waals surface area contributed by atoms with Crippen LogP contribution in [-0.2, 0) is 6.54 Å². The smallest absolute Gasteiger partial charge is 0.247 e. The maximum Gasteiger partial charge on any atom is 0.247 e. The molecule has 0 aliphatic heterocycles. The fourth-order valence-corrected chi connectivity index (χ4v) is 1.78. The highest BCUT2D eigenvalue weighted by Crippen LogP contribution is 1.96. The molecule has 1 aromatic heterocycles. The van der Waals surface area contributed by atoms with Crippen LogP contribution in [0.2, 0.25) is 0 Å². The van der Waals surface area contributed by atoms with Gasteiger partial charge in [0.1, 0.15) is 0 Å². The lowest BCUT2D eigenvalue weighted by molar-refractivity contribution is 0.270. The molecule has 96 valence electrons. The molecule has 1 heterocycles. The molecule has 1 rings (SSSR count). The van der Waals surface area contributed by atoms with E-state index < -0.39 is 0 Å². The average molecular weight is 237 g/mol. The number of aromatic amines is 1. The summed E-state index contributed by atoms with van der Waals surface area (Å²) in [6, 6.07) is 3.86. The number of likely N-dealkylation sites (N-methyl/N-ethyl adjacent to an activating group) is 1. The lowest BCUT2D eigenvalue weighted by Crippen LogP contribution is -2.38. The molecule has 1 aromatic rings. The largest absolute Gasteiger partial charge is 0.329 e. The highest BCUT2D eigenvalue weighted by atomic mass is 16.1. The van der Waals surface area contributed by atoms with Gasteiger partial charge in [-0.3, -0.25) is 4.79 Å². The third kappa shape index (κ3) is 5.15. The molecule has 0 spiro atoms. The number of H-pyrrole nitrogens is 1. The van der Waals surface area contributed by atoms with Gasteiger partial charge in [0.2, 0.25) is 5.56 Å². The van der Waals surface area contributed by atoms with Crippen molar-refractivity contribution in [3.63, 3.8) is 0 Å². The third-order valence-corrected chi connectivity index (χ3v) is 2.93. The maximum atomic E-state index is 10.9. The van der Waals surface area contributed by atoms with Crippen molar-refractivity contribution in [1.82, 2.24) is 15.2 Å². The molecule has 0 saturated heterocycles. The lowest BCUT2D eigenvalue weighted by atomic mass is 10.2. The Morgan fingerprint density at radius 1 is 1.35 bits per heavy atom. The van der Waals surface area contributed by atoms with Crippen LogP contribution in [0.3, 0.4) is 0 Å². The van der Waals surface area contributed by atoms with Gasteiger partial charge in [-0.25, -0.2) is 0 Å². The zero-order valence-electron chi connectivity index (χ0n) is 11.0. The van der Waals surface area contributed by atoms with Crippen LogP contribution >= 0.6 is 0 Å². The molecular formula is C13H23N3O. The van der Waals surface area contributed by atoms with E-state index in [4.69, 9.17) is 0 Å². The maximum absolute atomic E-state index is 10.9. The first-order chi connectivity index (χ1) is 8.15. The van der Waals surface area contributed by atoms with E-state index in [0.29, 0.717) is 6.04 Å². The molecule has 2 N–H and O–H groups in total. The van der Waals surface area contributed by atoms with Crippen LogP contribution in [0.4, 0.5) is 0 Å². The molecule has 0 aliphatic rings. The van der Waals surface area contributed by atoms with E-state index in [1.54, 1.807) is 12.3 Å². The number of hydrogen-bond donors (Lipinski definition) is 2. The van der Waals surface area contributed by atoms with Gasteiger partial charge in [0, 0.05) is 31.4 Å². The Bertz CT molecular complexity index is 351. The van der Waals surface area contributed by atoms with Gasteiger partial charge in [0.05, 0.1) is 0 Å². The Balaban J connectivity index is 2.34. The highest BCUT2D eigenvalue weighted by molar-refractivity contribution is 5.08. The predicted octanol–water partition coefficient (Wildman–Crippen LogP) is 1.19. The van der Waals surface area contributed by atoms with E-state index in [2.05, 4.69) is 36.0 Å². The van der Waals surface area contributed by atoms with Crippen LogP contribution < -0.4 is 10.9 Å². The fraction of sp³-hybridized carbons (Fsp3) is 0.615. The molecule has 4 heteroatoms. The topological polar surface area (TPSA) is 48.1 Å². The van der Waals surface area contributed by atoms with Gasteiger partial charge < -0.3 is 15.2 Å². The molecule has 0 saturated carbocycles. The number of aromatic nitrogens is 1. The van der Waals surface area contributed by atoms with Crippen LogP contribution in [0.5, 0.6) is 0 Å². The molecule has 1 atom stereocenters. The first-order valence-corrected chi connectivity index (χ1v) is 6.29. The monoisotopic (exact) mass is 237 g/mol. The normalized spacial score (nSPS) is 12.9. The summed E-state index contributed by atoms with van der Waals surface area (Å²) < 4.78 is 0. The molecular weight excluding hydrogens is 214 g/mol. The van der Waals surface area contributed by atoms with Crippen molar-refractivity contribution in [3.05, 3.63) is 34.2 Å². The predicted molar refractivity (Wildman–Crippen MR) is 71.2 cm³/mol. The second kappa shape index (κ2) is 7.25.